The monoisotopic (exact) mass is 241 g/mol. The smallest absolute Gasteiger partial charge is 0.237 e. The van der Waals surface area contributed by atoms with E-state index in [4.69, 9.17) is 5.73 Å². The first-order chi connectivity index (χ1) is 7.91. The van der Waals surface area contributed by atoms with E-state index in [0.29, 0.717) is 0 Å². The lowest BCUT2D eigenvalue weighted by Gasteiger charge is -2.32. The average molecular weight is 241 g/mol. The van der Waals surface area contributed by atoms with Crippen LogP contribution in [-0.2, 0) is 9.59 Å². The molecule has 1 aliphatic rings. The van der Waals surface area contributed by atoms with Gasteiger partial charge in [-0.05, 0) is 18.8 Å². The molecule has 2 amide bonds. The number of carbonyl (C=O) groups excluding carboxylic acids is 2. The third kappa shape index (κ3) is 4.00. The van der Waals surface area contributed by atoms with E-state index < -0.39 is 6.04 Å². The van der Waals surface area contributed by atoms with Crippen molar-refractivity contribution in [2.24, 2.45) is 11.7 Å². The Morgan fingerprint density at radius 3 is 2.24 bits per heavy atom. The first kappa shape index (κ1) is 14.0. The van der Waals surface area contributed by atoms with Gasteiger partial charge < -0.3 is 16.0 Å². The molecule has 5 heteroatoms. The number of nitrogens with zero attached hydrogens (tertiary/aromatic N) is 1. The Labute approximate surface area is 103 Å². The SMILES string of the molecule is CC(=O)N1CCC(NC(=O)[C@H](N)C(C)C)CC1. The van der Waals surface area contributed by atoms with Gasteiger partial charge in [0.15, 0.2) is 0 Å². The summed E-state index contributed by atoms with van der Waals surface area (Å²) in [5.74, 6) is 0.169. The molecule has 0 aromatic rings. The van der Waals surface area contributed by atoms with E-state index in [2.05, 4.69) is 5.32 Å². The van der Waals surface area contributed by atoms with Crippen LogP contribution in [0.25, 0.3) is 0 Å². The maximum atomic E-state index is 11.8. The minimum atomic E-state index is -0.444. The summed E-state index contributed by atoms with van der Waals surface area (Å²) in [7, 11) is 0. The highest BCUT2D eigenvalue weighted by atomic mass is 16.2. The van der Waals surface area contributed by atoms with Gasteiger partial charge in [-0.1, -0.05) is 13.8 Å². The second kappa shape index (κ2) is 6.00. The number of amides is 2. The van der Waals surface area contributed by atoms with Crippen LogP contribution in [0.15, 0.2) is 0 Å². The van der Waals surface area contributed by atoms with Crippen molar-refractivity contribution in [2.75, 3.05) is 13.1 Å². The van der Waals surface area contributed by atoms with Crippen molar-refractivity contribution < 1.29 is 9.59 Å². The second-order valence-electron chi connectivity index (χ2n) is 5.06. The van der Waals surface area contributed by atoms with Crippen LogP contribution in [0.4, 0.5) is 0 Å². The predicted octanol–water partition coefficient (Wildman–Crippen LogP) is 0.0968. The van der Waals surface area contributed by atoms with Crippen LogP contribution in [-0.4, -0.2) is 41.9 Å². The molecule has 17 heavy (non-hydrogen) atoms. The molecule has 0 spiro atoms. The number of carbonyl (C=O) groups is 2. The topological polar surface area (TPSA) is 75.4 Å². The summed E-state index contributed by atoms with van der Waals surface area (Å²) in [6.45, 7) is 6.88. The fraction of sp³-hybridized carbons (Fsp3) is 0.833. The van der Waals surface area contributed by atoms with Crippen molar-refractivity contribution in [3.8, 4) is 0 Å². The molecule has 1 rings (SSSR count). The van der Waals surface area contributed by atoms with Crippen LogP contribution in [0.5, 0.6) is 0 Å². The average Bonchev–Trinajstić information content (AvgIpc) is 2.28. The Kier molecular flexibility index (Phi) is 4.93. The summed E-state index contributed by atoms with van der Waals surface area (Å²) in [4.78, 5) is 24.7. The van der Waals surface area contributed by atoms with Gasteiger partial charge in [-0.15, -0.1) is 0 Å². The largest absolute Gasteiger partial charge is 0.352 e. The summed E-state index contributed by atoms with van der Waals surface area (Å²) in [6.07, 6.45) is 1.63. The van der Waals surface area contributed by atoms with E-state index in [1.807, 2.05) is 18.7 Å². The molecular formula is C12H23N3O2. The fourth-order valence-electron chi connectivity index (χ4n) is 1.94. The Balaban J connectivity index is 2.35. The van der Waals surface area contributed by atoms with Gasteiger partial charge in [0.25, 0.3) is 0 Å². The molecule has 0 aromatic carbocycles. The van der Waals surface area contributed by atoms with E-state index in [0.717, 1.165) is 25.9 Å². The quantitative estimate of drug-likeness (QED) is 0.735. The molecule has 3 N–H and O–H groups in total. The molecule has 98 valence electrons. The number of likely N-dealkylation sites (tertiary alicyclic amines) is 1. The Hall–Kier alpha value is -1.10. The van der Waals surface area contributed by atoms with Gasteiger partial charge in [-0.3, -0.25) is 9.59 Å². The van der Waals surface area contributed by atoms with Crippen LogP contribution in [0, 0.1) is 5.92 Å². The lowest BCUT2D eigenvalue weighted by atomic mass is 10.0. The molecule has 0 bridgehead atoms. The van der Waals surface area contributed by atoms with E-state index in [-0.39, 0.29) is 23.8 Å². The van der Waals surface area contributed by atoms with Gasteiger partial charge >= 0.3 is 0 Å². The summed E-state index contributed by atoms with van der Waals surface area (Å²) < 4.78 is 0. The normalized spacial score (nSPS) is 19.2. The number of hydrogen-bond donors (Lipinski definition) is 2. The van der Waals surface area contributed by atoms with E-state index in [9.17, 15) is 9.59 Å². The standard InChI is InChI=1S/C12H23N3O2/c1-8(2)11(13)12(17)14-10-4-6-15(7-5-10)9(3)16/h8,10-11H,4-7,13H2,1-3H3,(H,14,17)/t11-/m1/s1. The lowest BCUT2D eigenvalue weighted by molar-refractivity contribution is -0.130. The molecule has 0 aliphatic carbocycles. The molecule has 1 atom stereocenters. The first-order valence-electron chi connectivity index (χ1n) is 6.23. The van der Waals surface area contributed by atoms with Crippen LogP contribution < -0.4 is 11.1 Å². The predicted molar refractivity (Wildman–Crippen MR) is 66.2 cm³/mol. The highest BCUT2D eigenvalue weighted by molar-refractivity contribution is 5.82. The molecule has 5 nitrogen and oxygen atoms in total. The number of rotatable bonds is 3. The molecule has 1 heterocycles. The van der Waals surface area contributed by atoms with Crippen molar-refractivity contribution in [1.29, 1.82) is 0 Å². The number of piperidine rings is 1. The van der Waals surface area contributed by atoms with Crippen molar-refractivity contribution in [2.45, 2.75) is 45.7 Å². The third-order valence-corrected chi connectivity index (χ3v) is 3.31. The van der Waals surface area contributed by atoms with Crippen LogP contribution in [0.3, 0.4) is 0 Å². The molecule has 1 aliphatic heterocycles. The van der Waals surface area contributed by atoms with Gasteiger partial charge in [0.05, 0.1) is 6.04 Å². The molecule has 0 radical (unpaired) electrons. The van der Waals surface area contributed by atoms with E-state index in [1.165, 1.54) is 0 Å². The van der Waals surface area contributed by atoms with Crippen LogP contribution >= 0.6 is 0 Å². The third-order valence-electron chi connectivity index (χ3n) is 3.31. The van der Waals surface area contributed by atoms with Gasteiger partial charge in [0.2, 0.25) is 11.8 Å². The molecule has 1 saturated heterocycles. The van der Waals surface area contributed by atoms with Crippen molar-refractivity contribution in [3.63, 3.8) is 0 Å². The molecular weight excluding hydrogens is 218 g/mol. The maximum absolute atomic E-state index is 11.8. The van der Waals surface area contributed by atoms with Crippen molar-refractivity contribution in [1.82, 2.24) is 10.2 Å². The zero-order valence-corrected chi connectivity index (χ0v) is 10.9. The number of nitrogens with one attached hydrogen (secondary N) is 1. The lowest BCUT2D eigenvalue weighted by Crippen LogP contribution is -2.51. The van der Waals surface area contributed by atoms with Crippen molar-refractivity contribution >= 4 is 11.8 Å². The summed E-state index contributed by atoms with van der Waals surface area (Å²) in [6, 6.07) is -0.288. The highest BCUT2D eigenvalue weighted by Crippen LogP contribution is 2.11. The molecule has 0 saturated carbocycles. The highest BCUT2D eigenvalue weighted by Gasteiger charge is 2.24. The summed E-state index contributed by atoms with van der Waals surface area (Å²) in [5, 5.41) is 2.96. The molecule has 0 aromatic heterocycles. The Bertz CT molecular complexity index is 283. The van der Waals surface area contributed by atoms with E-state index >= 15 is 0 Å². The molecule has 0 unspecified atom stereocenters. The number of nitrogens with two attached hydrogens (primary N) is 1. The van der Waals surface area contributed by atoms with Gasteiger partial charge in [0.1, 0.15) is 0 Å². The Morgan fingerprint density at radius 1 is 1.29 bits per heavy atom. The van der Waals surface area contributed by atoms with Gasteiger partial charge in [-0.2, -0.15) is 0 Å². The zero-order valence-electron chi connectivity index (χ0n) is 10.9. The van der Waals surface area contributed by atoms with E-state index in [1.54, 1.807) is 6.92 Å². The van der Waals surface area contributed by atoms with Gasteiger partial charge in [-0.25, -0.2) is 0 Å². The first-order valence-corrected chi connectivity index (χ1v) is 6.23. The molecule has 1 fully saturated rings. The minimum Gasteiger partial charge on any atom is -0.352 e. The van der Waals surface area contributed by atoms with Crippen molar-refractivity contribution in [3.05, 3.63) is 0 Å². The minimum absolute atomic E-state index is 0.0822. The van der Waals surface area contributed by atoms with Crippen LogP contribution in [0.1, 0.15) is 33.6 Å². The Morgan fingerprint density at radius 2 is 1.82 bits per heavy atom. The summed E-state index contributed by atoms with van der Waals surface area (Å²) in [5.41, 5.74) is 5.78. The van der Waals surface area contributed by atoms with Gasteiger partial charge in [0, 0.05) is 26.1 Å². The summed E-state index contributed by atoms with van der Waals surface area (Å²) >= 11 is 0. The fourth-order valence-corrected chi connectivity index (χ4v) is 1.94. The second-order valence-corrected chi connectivity index (χ2v) is 5.06. The zero-order chi connectivity index (χ0) is 13.0. The maximum Gasteiger partial charge on any atom is 0.237 e. The van der Waals surface area contributed by atoms with Crippen LogP contribution in [0.2, 0.25) is 0 Å². The number of hydrogen-bond acceptors (Lipinski definition) is 3.